The third-order valence-corrected chi connectivity index (χ3v) is 7.46. The minimum absolute atomic E-state index is 0.126. The van der Waals surface area contributed by atoms with Crippen molar-refractivity contribution in [1.82, 2.24) is 19.9 Å². The molecule has 0 aliphatic carbocycles. The zero-order chi connectivity index (χ0) is 26.0. The van der Waals surface area contributed by atoms with Gasteiger partial charge in [0.15, 0.2) is 15.7 Å². The topological polar surface area (TPSA) is 97.3 Å². The summed E-state index contributed by atoms with van der Waals surface area (Å²) in [5.41, 5.74) is 2.59. The quantitative estimate of drug-likeness (QED) is 0.388. The maximum absolute atomic E-state index is 12.7. The fourth-order valence-corrected chi connectivity index (χ4v) is 5.34. The van der Waals surface area contributed by atoms with Crippen LogP contribution in [0.1, 0.15) is 5.56 Å². The summed E-state index contributed by atoms with van der Waals surface area (Å²) in [6.07, 6.45) is -1.55. The highest BCUT2D eigenvalue weighted by Gasteiger charge is 2.31. The van der Waals surface area contributed by atoms with Crippen LogP contribution in [0.3, 0.4) is 0 Å². The Hall–Kier alpha value is -3.77. The molecule has 2 aromatic heterocycles. The SMILES string of the molecule is O=S1(=O)CCN(Cc2ccc3nc(-c4cccnc4)nc(Nc4cccc(OC(F)(F)F)c4)c3c2)CC1. The largest absolute Gasteiger partial charge is 0.573 e. The Morgan fingerprint density at radius 2 is 1.81 bits per heavy atom. The predicted molar refractivity (Wildman–Crippen MR) is 133 cm³/mol. The molecular formula is C25H22F3N5O3S. The first-order chi connectivity index (χ1) is 17.6. The smallest absolute Gasteiger partial charge is 0.406 e. The molecule has 0 atom stereocenters. The second-order valence-electron chi connectivity index (χ2n) is 8.62. The number of rotatable bonds is 6. The zero-order valence-corrected chi connectivity index (χ0v) is 20.3. The van der Waals surface area contributed by atoms with Crippen molar-refractivity contribution >= 4 is 32.2 Å². The molecule has 1 N–H and O–H groups in total. The van der Waals surface area contributed by atoms with Gasteiger partial charge in [-0.15, -0.1) is 13.2 Å². The first kappa shape index (κ1) is 24.9. The molecular weight excluding hydrogens is 507 g/mol. The highest BCUT2D eigenvalue weighted by Crippen LogP contribution is 2.31. The molecule has 0 unspecified atom stereocenters. The molecule has 5 rings (SSSR count). The van der Waals surface area contributed by atoms with Gasteiger partial charge < -0.3 is 10.1 Å². The monoisotopic (exact) mass is 529 g/mol. The van der Waals surface area contributed by atoms with Crippen LogP contribution in [-0.2, 0) is 16.4 Å². The Labute approximate surface area is 211 Å². The third-order valence-electron chi connectivity index (χ3n) is 5.85. The van der Waals surface area contributed by atoms with Crippen LogP contribution in [0, 0.1) is 0 Å². The van der Waals surface area contributed by atoms with E-state index in [0.717, 1.165) is 5.56 Å². The lowest BCUT2D eigenvalue weighted by atomic mass is 10.1. The fourth-order valence-electron chi connectivity index (χ4n) is 4.07. The molecule has 0 saturated carbocycles. The molecule has 37 heavy (non-hydrogen) atoms. The standard InChI is InChI=1S/C25H22F3N5O3S/c26-25(27,28)36-20-5-1-4-19(14-20)30-24-21-13-17(16-33-9-11-37(34,35)12-10-33)6-7-22(21)31-23(32-24)18-3-2-8-29-15-18/h1-8,13-15H,9-12,16H2,(H,30,31,32). The van der Waals surface area contributed by atoms with Gasteiger partial charge in [0.1, 0.15) is 11.6 Å². The molecule has 2 aromatic carbocycles. The van der Waals surface area contributed by atoms with Gasteiger partial charge in [-0.3, -0.25) is 9.88 Å². The van der Waals surface area contributed by atoms with Gasteiger partial charge >= 0.3 is 6.36 Å². The number of fused-ring (bicyclic) bond motifs is 1. The number of ether oxygens (including phenoxy) is 1. The van der Waals surface area contributed by atoms with Crippen LogP contribution in [0.25, 0.3) is 22.3 Å². The van der Waals surface area contributed by atoms with E-state index in [1.54, 1.807) is 24.5 Å². The summed E-state index contributed by atoms with van der Waals surface area (Å²) in [5, 5.41) is 3.78. The average Bonchev–Trinajstić information content (AvgIpc) is 2.85. The second kappa shape index (κ2) is 9.94. The van der Waals surface area contributed by atoms with Gasteiger partial charge in [0.2, 0.25) is 0 Å². The summed E-state index contributed by atoms with van der Waals surface area (Å²) in [6.45, 7) is 1.45. The van der Waals surface area contributed by atoms with E-state index in [2.05, 4.69) is 29.9 Å². The third kappa shape index (κ3) is 6.33. The van der Waals surface area contributed by atoms with Crippen molar-refractivity contribution in [3.8, 4) is 17.1 Å². The van der Waals surface area contributed by atoms with Gasteiger partial charge in [0, 0.05) is 54.7 Å². The lowest BCUT2D eigenvalue weighted by Gasteiger charge is -2.26. The summed E-state index contributed by atoms with van der Waals surface area (Å²) in [7, 11) is -2.99. The van der Waals surface area contributed by atoms with Crippen molar-refractivity contribution in [2.75, 3.05) is 29.9 Å². The number of hydrogen-bond acceptors (Lipinski definition) is 8. The Balaban J connectivity index is 1.51. The Morgan fingerprint density at radius 3 is 2.54 bits per heavy atom. The van der Waals surface area contributed by atoms with Crippen LogP contribution in [0.5, 0.6) is 5.75 Å². The molecule has 0 amide bonds. The summed E-state index contributed by atoms with van der Waals surface area (Å²) in [6, 6.07) is 14.8. The van der Waals surface area contributed by atoms with Crippen LogP contribution >= 0.6 is 0 Å². The van der Waals surface area contributed by atoms with Crippen molar-refractivity contribution in [3.05, 3.63) is 72.6 Å². The number of aromatic nitrogens is 3. The molecule has 0 spiro atoms. The molecule has 0 radical (unpaired) electrons. The van der Waals surface area contributed by atoms with Gasteiger partial charge in [0.05, 0.1) is 17.0 Å². The maximum Gasteiger partial charge on any atom is 0.573 e. The normalized spacial score (nSPS) is 16.0. The van der Waals surface area contributed by atoms with E-state index in [1.165, 1.54) is 18.2 Å². The number of hydrogen-bond donors (Lipinski definition) is 1. The lowest BCUT2D eigenvalue weighted by molar-refractivity contribution is -0.274. The number of benzene rings is 2. The Morgan fingerprint density at radius 1 is 1.00 bits per heavy atom. The van der Waals surface area contributed by atoms with E-state index < -0.39 is 16.2 Å². The number of alkyl halides is 3. The summed E-state index contributed by atoms with van der Waals surface area (Å²) < 4.78 is 65.7. The number of anilines is 2. The molecule has 1 aliphatic rings. The van der Waals surface area contributed by atoms with Gasteiger partial charge in [0.25, 0.3) is 0 Å². The van der Waals surface area contributed by atoms with Crippen LogP contribution in [0.4, 0.5) is 24.7 Å². The number of nitrogens with zero attached hydrogens (tertiary/aromatic N) is 4. The van der Waals surface area contributed by atoms with Gasteiger partial charge in [-0.25, -0.2) is 18.4 Å². The molecule has 192 valence electrons. The first-order valence-electron chi connectivity index (χ1n) is 11.4. The van der Waals surface area contributed by atoms with E-state index in [9.17, 15) is 21.6 Å². The lowest BCUT2D eigenvalue weighted by Crippen LogP contribution is -2.39. The molecule has 1 saturated heterocycles. The van der Waals surface area contributed by atoms with Crippen molar-refractivity contribution in [2.24, 2.45) is 0 Å². The van der Waals surface area contributed by atoms with Crippen LogP contribution in [-0.4, -0.2) is 59.2 Å². The van der Waals surface area contributed by atoms with Crippen LogP contribution in [0.2, 0.25) is 0 Å². The summed E-state index contributed by atoms with van der Waals surface area (Å²) >= 11 is 0. The van der Waals surface area contributed by atoms with E-state index in [1.807, 2.05) is 24.3 Å². The zero-order valence-electron chi connectivity index (χ0n) is 19.4. The second-order valence-corrected chi connectivity index (χ2v) is 10.9. The molecule has 3 heterocycles. The van der Waals surface area contributed by atoms with Gasteiger partial charge in [-0.05, 0) is 42.0 Å². The number of nitrogens with one attached hydrogen (secondary N) is 1. The highest BCUT2D eigenvalue weighted by atomic mass is 32.2. The Bertz CT molecular complexity index is 1520. The molecule has 1 aliphatic heterocycles. The molecule has 8 nitrogen and oxygen atoms in total. The van der Waals surface area contributed by atoms with Crippen molar-refractivity contribution in [2.45, 2.75) is 12.9 Å². The number of halogens is 3. The van der Waals surface area contributed by atoms with E-state index >= 15 is 0 Å². The van der Waals surface area contributed by atoms with Crippen molar-refractivity contribution in [1.29, 1.82) is 0 Å². The van der Waals surface area contributed by atoms with E-state index in [4.69, 9.17) is 0 Å². The first-order valence-corrected chi connectivity index (χ1v) is 13.2. The van der Waals surface area contributed by atoms with Crippen molar-refractivity contribution < 1.29 is 26.3 Å². The number of sulfone groups is 1. The van der Waals surface area contributed by atoms with Crippen LogP contribution in [0.15, 0.2) is 67.0 Å². The minimum Gasteiger partial charge on any atom is -0.406 e. The molecule has 1 fully saturated rings. The van der Waals surface area contributed by atoms with Crippen LogP contribution < -0.4 is 10.1 Å². The van der Waals surface area contributed by atoms with Gasteiger partial charge in [-0.2, -0.15) is 0 Å². The Kier molecular flexibility index (Phi) is 6.69. The summed E-state index contributed by atoms with van der Waals surface area (Å²) in [4.78, 5) is 15.5. The average molecular weight is 530 g/mol. The fraction of sp³-hybridized carbons (Fsp3) is 0.240. The highest BCUT2D eigenvalue weighted by molar-refractivity contribution is 7.91. The van der Waals surface area contributed by atoms with E-state index in [0.29, 0.717) is 53.4 Å². The number of pyridine rings is 1. The van der Waals surface area contributed by atoms with Crippen molar-refractivity contribution in [3.63, 3.8) is 0 Å². The molecule has 4 aromatic rings. The maximum atomic E-state index is 12.7. The van der Waals surface area contributed by atoms with E-state index in [-0.39, 0.29) is 17.3 Å². The predicted octanol–water partition coefficient (Wildman–Crippen LogP) is 4.56. The van der Waals surface area contributed by atoms with Gasteiger partial charge in [-0.1, -0.05) is 12.1 Å². The summed E-state index contributed by atoms with van der Waals surface area (Å²) in [5.74, 6) is 0.697. The molecule has 0 bridgehead atoms. The molecule has 12 heteroatoms. The minimum atomic E-state index is -4.81.